The molecule has 0 radical (unpaired) electrons. The van der Waals surface area contributed by atoms with Crippen LogP contribution in [0.5, 0.6) is 0 Å². The van der Waals surface area contributed by atoms with E-state index in [0.29, 0.717) is 23.4 Å². The molecule has 4 aromatic rings. The van der Waals surface area contributed by atoms with Crippen molar-refractivity contribution in [3.8, 4) is 0 Å². The third kappa shape index (κ3) is 4.99. The van der Waals surface area contributed by atoms with Gasteiger partial charge in [0.1, 0.15) is 11.3 Å². The van der Waals surface area contributed by atoms with Gasteiger partial charge in [-0.2, -0.15) is 0 Å². The maximum absolute atomic E-state index is 14.3. The van der Waals surface area contributed by atoms with E-state index in [1.54, 1.807) is 30.1 Å². The van der Waals surface area contributed by atoms with Crippen LogP contribution in [0, 0.1) is 5.82 Å². The van der Waals surface area contributed by atoms with Crippen LogP contribution in [-0.2, 0) is 12.3 Å². The number of carbonyl (C=O) groups excluding carboxylic acids is 1. The van der Waals surface area contributed by atoms with Gasteiger partial charge in [0.15, 0.2) is 10.8 Å². The van der Waals surface area contributed by atoms with E-state index in [1.165, 1.54) is 6.07 Å². The van der Waals surface area contributed by atoms with Crippen LogP contribution in [0.4, 0.5) is 4.39 Å². The van der Waals surface area contributed by atoms with Gasteiger partial charge in [-0.3, -0.25) is 9.36 Å². The van der Waals surface area contributed by atoms with E-state index in [9.17, 15) is 9.18 Å². The fourth-order valence-electron chi connectivity index (χ4n) is 3.30. The highest BCUT2D eigenvalue weighted by Gasteiger charge is 2.15. The summed E-state index contributed by atoms with van der Waals surface area (Å²) in [7, 11) is 0. The predicted octanol–water partition coefficient (Wildman–Crippen LogP) is 5.44. The van der Waals surface area contributed by atoms with E-state index < -0.39 is 0 Å². The number of carbonyl (C=O) groups is 1. The molecule has 4 rings (SSSR count). The van der Waals surface area contributed by atoms with E-state index in [2.05, 4.69) is 10.3 Å². The summed E-state index contributed by atoms with van der Waals surface area (Å²) in [5.41, 5.74) is 3.83. The zero-order chi connectivity index (χ0) is 22.5. The highest BCUT2D eigenvalue weighted by Crippen LogP contribution is 2.27. The number of imidazole rings is 1. The smallest absolute Gasteiger partial charge is 0.251 e. The van der Waals surface area contributed by atoms with Gasteiger partial charge in [0.25, 0.3) is 5.91 Å². The van der Waals surface area contributed by atoms with Gasteiger partial charge >= 0.3 is 0 Å². The molecule has 1 N–H and O–H groups in total. The van der Waals surface area contributed by atoms with E-state index in [1.807, 2.05) is 60.9 Å². The highest BCUT2D eigenvalue weighted by atomic mass is 32.2. The molecule has 32 heavy (non-hydrogen) atoms. The largest absolute Gasteiger partial charge is 0.350 e. The van der Waals surface area contributed by atoms with Gasteiger partial charge in [-0.15, -0.1) is 0 Å². The minimum absolute atomic E-state index is 0.0590. The number of pyridine rings is 1. The number of thioether (sulfide) groups is 1. The molecule has 0 fully saturated rings. The molecule has 0 aliphatic rings. The zero-order valence-corrected chi connectivity index (χ0v) is 18.9. The topological polar surface area (TPSA) is 59.8 Å². The van der Waals surface area contributed by atoms with Crippen LogP contribution in [0.15, 0.2) is 72.0 Å². The molecule has 1 atom stereocenters. The number of hydrogen-bond donors (Lipinski definition) is 1. The quantitative estimate of drug-likeness (QED) is 0.365. The second-order valence-corrected chi connectivity index (χ2v) is 8.63. The standard InChI is InChI=1S/C25H25FN4OS/c1-3-17(2)28-24(31)19-12-10-18(11-13-19)16-32-25-29-22-9-6-14-27-23(22)30(25)15-20-7-4-5-8-21(20)26/h4-14,17H,3,15-16H2,1-2H3,(H,28,31)/t17-/m1/s1. The highest BCUT2D eigenvalue weighted by molar-refractivity contribution is 7.98. The summed E-state index contributed by atoms with van der Waals surface area (Å²) in [6.45, 7) is 4.39. The Labute approximate surface area is 191 Å². The Kier molecular flexibility index (Phi) is 6.85. The summed E-state index contributed by atoms with van der Waals surface area (Å²) in [4.78, 5) is 21.5. The van der Waals surface area contributed by atoms with Gasteiger partial charge in [0.05, 0.1) is 6.54 Å². The third-order valence-corrected chi connectivity index (χ3v) is 6.38. The first-order valence-corrected chi connectivity index (χ1v) is 11.6. The van der Waals surface area contributed by atoms with Gasteiger partial charge in [0, 0.05) is 29.1 Å². The molecule has 0 unspecified atom stereocenters. The molecule has 0 aliphatic carbocycles. The average Bonchev–Trinajstić information content (AvgIpc) is 3.16. The fraction of sp³-hybridized carbons (Fsp3) is 0.240. The number of nitrogens with one attached hydrogen (secondary N) is 1. The molecule has 2 aromatic carbocycles. The second kappa shape index (κ2) is 9.96. The second-order valence-electron chi connectivity index (χ2n) is 7.69. The lowest BCUT2D eigenvalue weighted by molar-refractivity contribution is 0.0939. The van der Waals surface area contributed by atoms with E-state index in [4.69, 9.17) is 4.98 Å². The first kappa shape index (κ1) is 22.0. The number of hydrogen-bond acceptors (Lipinski definition) is 4. The molecule has 0 spiro atoms. The van der Waals surface area contributed by atoms with Crippen molar-refractivity contribution in [1.29, 1.82) is 0 Å². The predicted molar refractivity (Wildman–Crippen MR) is 126 cm³/mol. The van der Waals surface area contributed by atoms with E-state index in [0.717, 1.165) is 28.3 Å². The number of nitrogens with zero attached hydrogens (tertiary/aromatic N) is 3. The first-order valence-electron chi connectivity index (χ1n) is 10.6. The van der Waals surface area contributed by atoms with Crippen LogP contribution in [0.2, 0.25) is 0 Å². The Hall–Kier alpha value is -3.19. The van der Waals surface area contributed by atoms with Crippen LogP contribution < -0.4 is 5.32 Å². The van der Waals surface area contributed by atoms with Gasteiger partial charge in [0.2, 0.25) is 0 Å². The third-order valence-electron chi connectivity index (χ3n) is 5.33. The van der Waals surface area contributed by atoms with Gasteiger partial charge < -0.3 is 5.32 Å². The Morgan fingerprint density at radius 2 is 1.91 bits per heavy atom. The monoisotopic (exact) mass is 448 g/mol. The molecule has 0 saturated heterocycles. The molecule has 0 aliphatic heterocycles. The number of benzene rings is 2. The Bertz CT molecular complexity index is 1220. The Balaban J connectivity index is 1.52. The molecule has 1 amide bonds. The molecule has 164 valence electrons. The summed E-state index contributed by atoms with van der Waals surface area (Å²) >= 11 is 1.57. The number of amides is 1. The fourth-order valence-corrected chi connectivity index (χ4v) is 4.25. The normalized spacial score (nSPS) is 12.1. The van der Waals surface area contributed by atoms with Crippen LogP contribution in [0.3, 0.4) is 0 Å². The SMILES string of the molecule is CC[C@@H](C)NC(=O)c1ccc(CSc2nc3cccnc3n2Cc2ccccc2F)cc1. The average molecular weight is 449 g/mol. The lowest BCUT2D eigenvalue weighted by Gasteiger charge is -2.12. The molecule has 7 heteroatoms. The van der Waals surface area contributed by atoms with Crippen molar-refractivity contribution in [3.63, 3.8) is 0 Å². The van der Waals surface area contributed by atoms with Crippen LogP contribution in [-0.4, -0.2) is 26.5 Å². The van der Waals surface area contributed by atoms with Crippen molar-refractivity contribution in [2.75, 3.05) is 0 Å². The van der Waals surface area contributed by atoms with Crippen LogP contribution in [0.25, 0.3) is 11.2 Å². The number of aromatic nitrogens is 3. The summed E-state index contributed by atoms with van der Waals surface area (Å²) < 4.78 is 16.2. The minimum Gasteiger partial charge on any atom is -0.350 e. The lowest BCUT2D eigenvalue weighted by Crippen LogP contribution is -2.31. The van der Waals surface area contributed by atoms with Crippen LogP contribution >= 0.6 is 11.8 Å². The van der Waals surface area contributed by atoms with Crippen LogP contribution in [0.1, 0.15) is 41.8 Å². The molecular weight excluding hydrogens is 423 g/mol. The van der Waals surface area contributed by atoms with Gasteiger partial charge in [-0.1, -0.05) is 49.0 Å². The zero-order valence-electron chi connectivity index (χ0n) is 18.1. The molecule has 5 nitrogen and oxygen atoms in total. The molecule has 0 bridgehead atoms. The minimum atomic E-state index is -0.243. The van der Waals surface area contributed by atoms with Crippen molar-refractivity contribution in [2.24, 2.45) is 0 Å². The lowest BCUT2D eigenvalue weighted by atomic mass is 10.1. The van der Waals surface area contributed by atoms with Crippen molar-refractivity contribution in [2.45, 2.75) is 43.8 Å². The molecule has 0 saturated carbocycles. The Morgan fingerprint density at radius 1 is 1.12 bits per heavy atom. The van der Waals surface area contributed by atoms with Gasteiger partial charge in [-0.05, 0) is 49.2 Å². The molecule has 2 heterocycles. The van der Waals surface area contributed by atoms with E-state index >= 15 is 0 Å². The summed E-state index contributed by atoms with van der Waals surface area (Å²) in [5, 5.41) is 3.76. The van der Waals surface area contributed by atoms with Crippen molar-refractivity contribution < 1.29 is 9.18 Å². The maximum Gasteiger partial charge on any atom is 0.251 e. The molecular formula is C25H25FN4OS. The van der Waals surface area contributed by atoms with E-state index in [-0.39, 0.29) is 17.8 Å². The summed E-state index contributed by atoms with van der Waals surface area (Å²) in [6.07, 6.45) is 2.61. The van der Waals surface area contributed by atoms with Crippen molar-refractivity contribution in [3.05, 3.63) is 89.4 Å². The van der Waals surface area contributed by atoms with Gasteiger partial charge in [-0.25, -0.2) is 14.4 Å². The number of rotatable bonds is 8. The summed E-state index contributed by atoms with van der Waals surface area (Å²) in [6, 6.07) is 18.3. The summed E-state index contributed by atoms with van der Waals surface area (Å²) in [5.74, 6) is 0.372. The first-order chi connectivity index (χ1) is 15.5. The number of halogens is 1. The molecule has 2 aromatic heterocycles. The Morgan fingerprint density at radius 3 is 2.66 bits per heavy atom. The van der Waals surface area contributed by atoms with Crippen molar-refractivity contribution in [1.82, 2.24) is 19.9 Å². The van der Waals surface area contributed by atoms with Crippen molar-refractivity contribution >= 4 is 28.8 Å². The maximum atomic E-state index is 14.3. The number of fused-ring (bicyclic) bond motifs is 1.